The van der Waals surface area contributed by atoms with Crippen molar-refractivity contribution in [2.24, 2.45) is 0 Å². The smallest absolute Gasteiger partial charge is 0.233 e. The van der Waals surface area contributed by atoms with Crippen LogP contribution in [0.5, 0.6) is 0 Å². The maximum absolute atomic E-state index is 13.7. The summed E-state index contributed by atoms with van der Waals surface area (Å²) in [6.45, 7) is 2.42. The van der Waals surface area contributed by atoms with Crippen LogP contribution in [-0.2, 0) is 21.2 Å². The van der Waals surface area contributed by atoms with Crippen LogP contribution >= 0.6 is 0 Å². The zero-order valence-electron chi connectivity index (χ0n) is 13.8. The molecule has 2 aromatic rings. The maximum Gasteiger partial charge on any atom is 0.233 e. The van der Waals surface area contributed by atoms with E-state index in [1.807, 2.05) is 35.2 Å². The van der Waals surface area contributed by atoms with Gasteiger partial charge in [-0.15, -0.1) is 0 Å². The Morgan fingerprint density at radius 2 is 1.80 bits per heavy atom. The van der Waals surface area contributed by atoms with Gasteiger partial charge in [0.15, 0.2) is 0 Å². The molecule has 0 spiro atoms. The Morgan fingerprint density at radius 3 is 2.52 bits per heavy atom. The second kappa shape index (κ2) is 7.84. The molecule has 0 amide bonds. The van der Waals surface area contributed by atoms with Crippen molar-refractivity contribution < 1.29 is 17.5 Å². The van der Waals surface area contributed by atoms with Crippen LogP contribution in [-0.4, -0.2) is 40.5 Å². The van der Waals surface area contributed by atoms with Gasteiger partial charge >= 0.3 is 0 Å². The van der Waals surface area contributed by atoms with Crippen LogP contribution < -0.4 is 9.62 Å². The summed E-state index contributed by atoms with van der Waals surface area (Å²) in [7, 11) is -3.59. The van der Waals surface area contributed by atoms with Gasteiger partial charge in [-0.3, -0.25) is 4.72 Å². The van der Waals surface area contributed by atoms with E-state index < -0.39 is 15.8 Å². The van der Waals surface area contributed by atoms with Gasteiger partial charge in [0.05, 0.1) is 30.3 Å². The molecule has 0 aliphatic carbocycles. The first kappa shape index (κ1) is 17.7. The zero-order valence-corrected chi connectivity index (χ0v) is 14.6. The number of aryl methyl sites for hydroxylation is 1. The second-order valence-corrected chi connectivity index (χ2v) is 7.76. The molecule has 1 heterocycles. The highest BCUT2D eigenvalue weighted by Gasteiger charge is 2.19. The van der Waals surface area contributed by atoms with E-state index in [1.165, 1.54) is 12.1 Å². The van der Waals surface area contributed by atoms with Crippen molar-refractivity contribution in [3.8, 4) is 0 Å². The first-order chi connectivity index (χ1) is 12.0. The fourth-order valence-electron chi connectivity index (χ4n) is 2.79. The third-order valence-corrected chi connectivity index (χ3v) is 5.35. The molecule has 7 heteroatoms. The Bertz CT molecular complexity index is 806. The third-order valence-electron chi connectivity index (χ3n) is 4.08. The molecular weight excluding hydrogens is 343 g/mol. The minimum atomic E-state index is -3.59. The van der Waals surface area contributed by atoms with Crippen LogP contribution in [0.4, 0.5) is 15.8 Å². The van der Waals surface area contributed by atoms with Gasteiger partial charge in [-0.2, -0.15) is 0 Å². The highest BCUT2D eigenvalue weighted by Crippen LogP contribution is 2.28. The Balaban J connectivity index is 1.75. The van der Waals surface area contributed by atoms with E-state index >= 15 is 0 Å². The Hall–Kier alpha value is -2.12. The Morgan fingerprint density at radius 1 is 1.08 bits per heavy atom. The summed E-state index contributed by atoms with van der Waals surface area (Å²) in [5, 5.41) is 0. The molecule has 0 bridgehead atoms. The van der Waals surface area contributed by atoms with Gasteiger partial charge in [-0.05, 0) is 24.1 Å². The number of hydrogen-bond donors (Lipinski definition) is 1. The largest absolute Gasteiger partial charge is 0.378 e. The Kier molecular flexibility index (Phi) is 5.55. The van der Waals surface area contributed by atoms with Gasteiger partial charge in [-0.25, -0.2) is 12.8 Å². The van der Waals surface area contributed by atoms with Crippen LogP contribution in [0.15, 0.2) is 48.5 Å². The number of halogens is 1. The highest BCUT2D eigenvalue weighted by molar-refractivity contribution is 7.92. The summed E-state index contributed by atoms with van der Waals surface area (Å²) in [5.41, 5.74) is 1.89. The molecule has 5 nitrogen and oxygen atoms in total. The van der Waals surface area contributed by atoms with E-state index in [0.29, 0.717) is 38.4 Å². The summed E-state index contributed by atoms with van der Waals surface area (Å²) in [6, 6.07) is 13.6. The van der Waals surface area contributed by atoms with Crippen LogP contribution in [0, 0.1) is 5.82 Å². The average Bonchev–Trinajstić information content (AvgIpc) is 2.62. The average molecular weight is 364 g/mol. The maximum atomic E-state index is 13.7. The van der Waals surface area contributed by atoms with Gasteiger partial charge in [-0.1, -0.05) is 30.3 Å². The predicted molar refractivity (Wildman–Crippen MR) is 97.0 cm³/mol. The molecule has 1 aliphatic rings. The van der Waals surface area contributed by atoms with Gasteiger partial charge in [0, 0.05) is 19.2 Å². The molecule has 134 valence electrons. The lowest BCUT2D eigenvalue weighted by molar-refractivity contribution is 0.123. The van der Waals surface area contributed by atoms with Crippen molar-refractivity contribution >= 4 is 21.4 Å². The molecular formula is C18H21FN2O3S. The van der Waals surface area contributed by atoms with E-state index in [9.17, 15) is 12.8 Å². The zero-order chi connectivity index (χ0) is 17.7. The van der Waals surface area contributed by atoms with Crippen molar-refractivity contribution in [3.63, 3.8) is 0 Å². The number of nitrogens with zero attached hydrogens (tertiary/aromatic N) is 1. The first-order valence-electron chi connectivity index (χ1n) is 8.20. The Labute approximate surface area is 147 Å². The summed E-state index contributed by atoms with van der Waals surface area (Å²) in [5.74, 6) is -0.534. The molecule has 1 fully saturated rings. The van der Waals surface area contributed by atoms with Crippen LogP contribution in [0.1, 0.15) is 5.56 Å². The molecule has 0 radical (unpaired) electrons. The molecule has 1 aliphatic heterocycles. The van der Waals surface area contributed by atoms with E-state index in [2.05, 4.69) is 4.72 Å². The molecule has 0 atom stereocenters. The highest BCUT2D eigenvalue weighted by atomic mass is 32.2. The fraction of sp³-hybridized carbons (Fsp3) is 0.333. The number of nitrogens with one attached hydrogen (secondary N) is 1. The number of morpholine rings is 1. The second-order valence-electron chi connectivity index (χ2n) is 5.92. The standard InChI is InChI=1S/C18H21FN2O3S/c19-16-6-7-18(21-9-11-24-12-10-21)17(14-16)20-25(22,23)13-8-15-4-2-1-3-5-15/h1-7,14,20H,8-13H2. The SMILES string of the molecule is O=S(=O)(CCc1ccccc1)Nc1cc(F)ccc1N1CCOCC1. The molecule has 3 rings (SSSR count). The topological polar surface area (TPSA) is 58.6 Å². The number of rotatable bonds is 6. The van der Waals surface area contributed by atoms with Crippen LogP contribution in [0.3, 0.4) is 0 Å². The van der Waals surface area contributed by atoms with Crippen molar-refractivity contribution in [2.45, 2.75) is 6.42 Å². The van der Waals surface area contributed by atoms with Gasteiger partial charge in [0.25, 0.3) is 0 Å². The molecule has 2 aromatic carbocycles. The van der Waals surface area contributed by atoms with E-state index in [-0.39, 0.29) is 11.4 Å². The summed E-state index contributed by atoms with van der Waals surface area (Å²) < 4.78 is 46.4. The van der Waals surface area contributed by atoms with Crippen molar-refractivity contribution in [1.29, 1.82) is 0 Å². The van der Waals surface area contributed by atoms with E-state index in [4.69, 9.17) is 4.74 Å². The summed E-state index contributed by atoms with van der Waals surface area (Å²) >= 11 is 0. The molecule has 1 saturated heterocycles. The minimum Gasteiger partial charge on any atom is -0.378 e. The van der Waals surface area contributed by atoms with Crippen LogP contribution in [0.25, 0.3) is 0 Å². The van der Waals surface area contributed by atoms with Gasteiger partial charge in [0.1, 0.15) is 5.82 Å². The molecule has 25 heavy (non-hydrogen) atoms. The minimum absolute atomic E-state index is 0.0594. The van der Waals surface area contributed by atoms with Gasteiger partial charge < -0.3 is 9.64 Å². The fourth-order valence-corrected chi connectivity index (χ4v) is 3.89. The number of benzene rings is 2. The lowest BCUT2D eigenvalue weighted by Gasteiger charge is -2.30. The van der Waals surface area contributed by atoms with Crippen molar-refractivity contribution in [3.05, 3.63) is 59.9 Å². The predicted octanol–water partition coefficient (Wildman–Crippen LogP) is 2.65. The molecule has 0 aromatic heterocycles. The third kappa shape index (κ3) is 4.93. The van der Waals surface area contributed by atoms with Crippen LogP contribution in [0.2, 0.25) is 0 Å². The quantitative estimate of drug-likeness (QED) is 0.856. The van der Waals surface area contributed by atoms with Crippen molar-refractivity contribution in [1.82, 2.24) is 0 Å². The van der Waals surface area contributed by atoms with Crippen molar-refractivity contribution in [2.75, 3.05) is 41.7 Å². The normalized spacial score (nSPS) is 15.2. The molecule has 0 saturated carbocycles. The summed E-state index contributed by atoms with van der Waals surface area (Å²) in [4.78, 5) is 2.00. The number of hydrogen-bond acceptors (Lipinski definition) is 4. The number of anilines is 2. The lowest BCUT2D eigenvalue weighted by Crippen LogP contribution is -2.37. The first-order valence-corrected chi connectivity index (χ1v) is 9.85. The van der Waals surface area contributed by atoms with E-state index in [0.717, 1.165) is 5.56 Å². The number of sulfonamides is 1. The van der Waals surface area contributed by atoms with Gasteiger partial charge in [0.2, 0.25) is 10.0 Å². The van der Waals surface area contributed by atoms with E-state index in [1.54, 1.807) is 6.07 Å². The monoisotopic (exact) mass is 364 g/mol. The number of ether oxygens (including phenoxy) is 1. The summed E-state index contributed by atoms with van der Waals surface area (Å²) in [6.07, 6.45) is 0.401. The molecule has 0 unspecified atom stereocenters. The molecule has 1 N–H and O–H groups in total. The lowest BCUT2D eigenvalue weighted by atomic mass is 10.2.